The van der Waals surface area contributed by atoms with Crippen LogP contribution in [0.4, 0.5) is 0 Å². The molecule has 2 fully saturated rings. The van der Waals surface area contributed by atoms with Crippen molar-refractivity contribution in [3.8, 4) is 0 Å². The number of amides is 1. The molecule has 2 bridgehead atoms. The predicted molar refractivity (Wildman–Crippen MR) is 73.9 cm³/mol. The molecule has 2 aliphatic rings. The fraction of sp³-hybridized carbons (Fsp3) is 0.571. The van der Waals surface area contributed by atoms with Crippen LogP contribution in [0, 0.1) is 6.92 Å². The van der Waals surface area contributed by atoms with Gasteiger partial charge in [0, 0.05) is 28.8 Å². The fourth-order valence-corrected chi connectivity index (χ4v) is 4.05. The highest BCUT2D eigenvalue weighted by Crippen LogP contribution is 2.39. The largest absolute Gasteiger partial charge is 0.333 e. The lowest BCUT2D eigenvalue weighted by Gasteiger charge is -2.37. The molecule has 2 unspecified atom stereocenters. The predicted octanol–water partition coefficient (Wildman–Crippen LogP) is 2.92. The standard InChI is InChI=1S/C14H17BrN2O/c1-9-2-3-10(8-16-9)14(18)17-12-4-5-13(17)7-11(15)6-12/h2-3,8,11-13H,4-7H2,1H3. The van der Waals surface area contributed by atoms with Crippen LogP contribution < -0.4 is 0 Å². The minimum absolute atomic E-state index is 0.161. The number of aromatic nitrogens is 1. The molecule has 3 heterocycles. The summed E-state index contributed by atoms with van der Waals surface area (Å²) in [4.78, 5) is 19.5. The molecular formula is C14H17BrN2O. The second-order valence-corrected chi connectivity index (χ2v) is 6.65. The first-order valence-electron chi connectivity index (χ1n) is 6.54. The molecule has 4 heteroatoms. The van der Waals surface area contributed by atoms with Gasteiger partial charge in [-0.1, -0.05) is 15.9 Å². The Morgan fingerprint density at radius 3 is 2.56 bits per heavy atom. The Balaban J connectivity index is 1.83. The molecule has 3 rings (SSSR count). The molecule has 0 aromatic carbocycles. The summed E-state index contributed by atoms with van der Waals surface area (Å²) in [5.74, 6) is 0.161. The van der Waals surface area contributed by atoms with Crippen LogP contribution >= 0.6 is 15.9 Å². The number of alkyl halides is 1. The Morgan fingerprint density at radius 1 is 1.33 bits per heavy atom. The SMILES string of the molecule is Cc1ccc(C(=O)N2C3CCC2CC(Br)C3)cn1. The second kappa shape index (κ2) is 4.65. The number of halogens is 1. The molecule has 1 amide bonds. The van der Waals surface area contributed by atoms with Crippen LogP contribution in [0.1, 0.15) is 41.7 Å². The van der Waals surface area contributed by atoms with E-state index in [-0.39, 0.29) is 5.91 Å². The molecular weight excluding hydrogens is 292 g/mol. The third-order valence-corrected chi connectivity index (χ3v) is 4.82. The molecule has 0 saturated carbocycles. The molecule has 0 spiro atoms. The van der Waals surface area contributed by atoms with Gasteiger partial charge in [0.25, 0.3) is 5.91 Å². The topological polar surface area (TPSA) is 33.2 Å². The summed E-state index contributed by atoms with van der Waals surface area (Å²) in [7, 11) is 0. The molecule has 1 aromatic rings. The first-order chi connectivity index (χ1) is 8.65. The summed E-state index contributed by atoms with van der Waals surface area (Å²) in [6, 6.07) is 4.64. The Bertz CT molecular complexity index is 445. The van der Waals surface area contributed by atoms with Crippen molar-refractivity contribution >= 4 is 21.8 Å². The molecule has 0 N–H and O–H groups in total. The Morgan fingerprint density at radius 2 is 2.00 bits per heavy atom. The van der Waals surface area contributed by atoms with E-state index in [4.69, 9.17) is 0 Å². The summed E-state index contributed by atoms with van der Waals surface area (Å²) in [6.07, 6.45) is 6.18. The van der Waals surface area contributed by atoms with Crippen molar-refractivity contribution in [2.75, 3.05) is 0 Å². The van der Waals surface area contributed by atoms with E-state index in [0.29, 0.717) is 16.9 Å². The van der Waals surface area contributed by atoms with Gasteiger partial charge in [-0.25, -0.2) is 0 Å². The maximum absolute atomic E-state index is 12.5. The minimum Gasteiger partial charge on any atom is -0.333 e. The number of carbonyl (C=O) groups is 1. The van der Waals surface area contributed by atoms with Gasteiger partial charge in [0.05, 0.1) is 5.56 Å². The van der Waals surface area contributed by atoms with Crippen molar-refractivity contribution in [3.05, 3.63) is 29.6 Å². The van der Waals surface area contributed by atoms with Crippen LogP contribution in [0.25, 0.3) is 0 Å². The van der Waals surface area contributed by atoms with Crippen LogP contribution in [0.3, 0.4) is 0 Å². The van der Waals surface area contributed by atoms with Crippen LogP contribution in [0.5, 0.6) is 0 Å². The van der Waals surface area contributed by atoms with Crippen LogP contribution in [-0.2, 0) is 0 Å². The van der Waals surface area contributed by atoms with Gasteiger partial charge >= 0.3 is 0 Å². The van der Waals surface area contributed by atoms with E-state index in [1.807, 2.05) is 19.1 Å². The number of pyridine rings is 1. The van der Waals surface area contributed by atoms with Gasteiger partial charge in [-0.05, 0) is 44.7 Å². The lowest BCUT2D eigenvalue weighted by molar-refractivity contribution is 0.0603. The molecule has 2 saturated heterocycles. The highest BCUT2D eigenvalue weighted by atomic mass is 79.9. The zero-order chi connectivity index (χ0) is 12.7. The van der Waals surface area contributed by atoms with E-state index < -0.39 is 0 Å². The average Bonchev–Trinajstić information content (AvgIpc) is 2.62. The Kier molecular flexibility index (Phi) is 3.14. The smallest absolute Gasteiger partial charge is 0.255 e. The lowest BCUT2D eigenvalue weighted by Crippen LogP contribution is -2.46. The van der Waals surface area contributed by atoms with E-state index in [1.165, 1.54) is 0 Å². The first-order valence-corrected chi connectivity index (χ1v) is 7.46. The normalized spacial score (nSPS) is 30.6. The number of rotatable bonds is 1. The molecule has 2 aliphatic heterocycles. The third-order valence-electron chi connectivity index (χ3n) is 4.07. The summed E-state index contributed by atoms with van der Waals surface area (Å²) in [5.41, 5.74) is 1.68. The molecule has 0 aliphatic carbocycles. The van der Waals surface area contributed by atoms with Gasteiger partial charge < -0.3 is 4.90 Å². The van der Waals surface area contributed by atoms with E-state index in [2.05, 4.69) is 25.8 Å². The molecule has 18 heavy (non-hydrogen) atoms. The van der Waals surface area contributed by atoms with Gasteiger partial charge in [-0.3, -0.25) is 9.78 Å². The third kappa shape index (κ3) is 2.07. The summed E-state index contributed by atoms with van der Waals surface area (Å²) >= 11 is 3.70. The summed E-state index contributed by atoms with van der Waals surface area (Å²) in [5, 5.41) is 0. The van der Waals surface area contributed by atoms with Crippen molar-refractivity contribution in [2.45, 2.75) is 49.5 Å². The number of hydrogen-bond acceptors (Lipinski definition) is 2. The van der Waals surface area contributed by atoms with E-state index >= 15 is 0 Å². The van der Waals surface area contributed by atoms with Crippen LogP contribution in [0.15, 0.2) is 18.3 Å². The number of carbonyl (C=O) groups excluding carboxylic acids is 1. The van der Waals surface area contributed by atoms with Crippen molar-refractivity contribution in [1.82, 2.24) is 9.88 Å². The molecule has 2 atom stereocenters. The zero-order valence-electron chi connectivity index (χ0n) is 10.5. The molecule has 0 radical (unpaired) electrons. The number of piperidine rings is 1. The van der Waals surface area contributed by atoms with Gasteiger partial charge in [0.15, 0.2) is 0 Å². The van der Waals surface area contributed by atoms with Gasteiger partial charge in [-0.2, -0.15) is 0 Å². The maximum atomic E-state index is 12.5. The quantitative estimate of drug-likeness (QED) is 0.747. The molecule has 3 nitrogen and oxygen atoms in total. The van der Waals surface area contributed by atoms with Gasteiger partial charge in [0.2, 0.25) is 0 Å². The Hall–Kier alpha value is -0.900. The van der Waals surface area contributed by atoms with E-state index in [9.17, 15) is 4.79 Å². The first kappa shape index (κ1) is 12.2. The average molecular weight is 309 g/mol. The van der Waals surface area contributed by atoms with Gasteiger partial charge in [0.1, 0.15) is 0 Å². The molecule has 96 valence electrons. The minimum atomic E-state index is 0.161. The highest BCUT2D eigenvalue weighted by molar-refractivity contribution is 9.09. The van der Waals surface area contributed by atoms with Crippen LogP contribution in [-0.4, -0.2) is 32.7 Å². The summed E-state index contributed by atoms with van der Waals surface area (Å²) < 4.78 is 0. The van der Waals surface area contributed by atoms with Crippen molar-refractivity contribution in [1.29, 1.82) is 0 Å². The number of fused-ring (bicyclic) bond motifs is 2. The zero-order valence-corrected chi connectivity index (χ0v) is 12.1. The monoisotopic (exact) mass is 308 g/mol. The maximum Gasteiger partial charge on any atom is 0.255 e. The number of hydrogen-bond donors (Lipinski definition) is 0. The fourth-order valence-electron chi connectivity index (χ4n) is 3.19. The van der Waals surface area contributed by atoms with Crippen LogP contribution in [0.2, 0.25) is 0 Å². The highest BCUT2D eigenvalue weighted by Gasteiger charge is 2.42. The van der Waals surface area contributed by atoms with E-state index in [1.54, 1.807) is 6.20 Å². The van der Waals surface area contributed by atoms with Gasteiger partial charge in [-0.15, -0.1) is 0 Å². The van der Waals surface area contributed by atoms with Crippen molar-refractivity contribution in [3.63, 3.8) is 0 Å². The van der Waals surface area contributed by atoms with Crippen molar-refractivity contribution in [2.24, 2.45) is 0 Å². The van der Waals surface area contributed by atoms with Crippen molar-refractivity contribution < 1.29 is 4.79 Å². The number of aryl methyl sites for hydroxylation is 1. The Labute approximate surface area is 116 Å². The number of nitrogens with zero attached hydrogens (tertiary/aromatic N) is 2. The summed E-state index contributed by atoms with van der Waals surface area (Å²) in [6.45, 7) is 1.94. The second-order valence-electron chi connectivity index (χ2n) is 5.35. The molecule has 1 aromatic heterocycles. The lowest BCUT2D eigenvalue weighted by atomic mass is 10.0. The van der Waals surface area contributed by atoms with E-state index in [0.717, 1.165) is 36.9 Å².